The van der Waals surface area contributed by atoms with Crippen molar-refractivity contribution >= 4 is 16.8 Å². The summed E-state index contributed by atoms with van der Waals surface area (Å²) in [5.74, 6) is -0.308. The van der Waals surface area contributed by atoms with E-state index in [2.05, 4.69) is 34.3 Å². The van der Waals surface area contributed by atoms with E-state index >= 15 is 0 Å². The minimum atomic E-state index is -0.308. The lowest BCUT2D eigenvalue weighted by molar-refractivity contribution is -0.118. The number of fused-ring (bicyclic) bond motifs is 1. The van der Waals surface area contributed by atoms with E-state index < -0.39 is 0 Å². The summed E-state index contributed by atoms with van der Waals surface area (Å²) >= 11 is 0. The Morgan fingerprint density at radius 3 is 2.90 bits per heavy atom. The Morgan fingerprint density at radius 1 is 1.33 bits per heavy atom. The molecule has 1 amide bonds. The van der Waals surface area contributed by atoms with Gasteiger partial charge in [0.15, 0.2) is 0 Å². The Kier molecular flexibility index (Phi) is 3.25. The van der Waals surface area contributed by atoms with E-state index in [1.54, 1.807) is 0 Å². The summed E-state index contributed by atoms with van der Waals surface area (Å²) in [6, 6.07) is 8.38. The van der Waals surface area contributed by atoms with Crippen LogP contribution >= 0.6 is 0 Å². The second kappa shape index (κ2) is 5.09. The van der Waals surface area contributed by atoms with Crippen molar-refractivity contribution in [1.82, 2.24) is 14.8 Å². The van der Waals surface area contributed by atoms with Crippen molar-refractivity contribution in [3.63, 3.8) is 0 Å². The molecular weight excluding hydrogens is 264 g/mol. The Balaban J connectivity index is 2.02. The smallest absolute Gasteiger partial charge is 0.219 e. The van der Waals surface area contributed by atoms with Gasteiger partial charge in [-0.1, -0.05) is 6.07 Å². The Hall–Kier alpha value is -2.56. The molecule has 2 aromatic heterocycles. The molecule has 0 aliphatic heterocycles. The molecule has 0 saturated heterocycles. The zero-order valence-electron chi connectivity index (χ0n) is 12.2. The normalized spacial score (nSPS) is 11.1. The molecule has 5 heteroatoms. The minimum Gasteiger partial charge on any atom is -0.370 e. The van der Waals surface area contributed by atoms with Crippen LogP contribution in [0.3, 0.4) is 0 Å². The topological polar surface area (TPSA) is 76.7 Å². The van der Waals surface area contributed by atoms with E-state index in [1.165, 1.54) is 5.39 Å². The molecule has 0 spiro atoms. The lowest BCUT2D eigenvalue weighted by Crippen LogP contribution is -2.15. The zero-order chi connectivity index (χ0) is 15.0. The quantitative estimate of drug-likeness (QED) is 0.771. The van der Waals surface area contributed by atoms with Crippen molar-refractivity contribution in [2.24, 2.45) is 5.73 Å². The summed E-state index contributed by atoms with van der Waals surface area (Å²) in [5.41, 5.74) is 10.6. The third-order valence-corrected chi connectivity index (χ3v) is 3.79. The van der Waals surface area contributed by atoms with Crippen LogP contribution in [0.5, 0.6) is 0 Å². The highest BCUT2D eigenvalue weighted by atomic mass is 16.1. The fourth-order valence-corrected chi connectivity index (χ4v) is 2.76. The summed E-state index contributed by atoms with van der Waals surface area (Å²) in [5, 5.41) is 5.70. The Labute approximate surface area is 122 Å². The minimum absolute atomic E-state index is 0.304. The number of H-pyrrole nitrogens is 1. The molecule has 0 atom stereocenters. The van der Waals surface area contributed by atoms with Crippen molar-refractivity contribution in [2.75, 3.05) is 0 Å². The van der Waals surface area contributed by atoms with E-state index in [1.807, 2.05) is 24.7 Å². The Bertz CT molecular complexity index is 813. The largest absolute Gasteiger partial charge is 0.370 e. The lowest BCUT2D eigenvalue weighted by atomic mass is 10.0. The molecule has 0 radical (unpaired) electrons. The third kappa shape index (κ3) is 2.42. The van der Waals surface area contributed by atoms with Crippen LogP contribution in [-0.2, 0) is 11.3 Å². The molecule has 1 aromatic carbocycles. The van der Waals surface area contributed by atoms with Crippen LogP contribution in [0.15, 0.2) is 30.5 Å². The summed E-state index contributed by atoms with van der Waals surface area (Å²) < 4.78 is 1.86. The first-order chi connectivity index (χ1) is 10.1. The number of hydrogen-bond acceptors (Lipinski definition) is 2. The summed E-state index contributed by atoms with van der Waals surface area (Å²) in [6.07, 6.45) is 2.24. The highest BCUT2D eigenvalue weighted by Gasteiger charge is 2.14. The van der Waals surface area contributed by atoms with Gasteiger partial charge in [-0.05, 0) is 43.0 Å². The maximum atomic E-state index is 10.9. The number of amides is 1. The number of aromatic amines is 1. The number of aryl methyl sites for hydroxylation is 2. The van der Waals surface area contributed by atoms with E-state index in [0.717, 1.165) is 28.0 Å². The average molecular weight is 282 g/mol. The number of nitrogens with two attached hydrogens (primary N) is 1. The predicted octanol–water partition coefficient (Wildman–Crippen LogP) is 2.52. The van der Waals surface area contributed by atoms with E-state index in [9.17, 15) is 4.79 Å². The highest BCUT2D eigenvalue weighted by molar-refractivity contribution is 5.86. The van der Waals surface area contributed by atoms with Crippen LogP contribution in [-0.4, -0.2) is 20.7 Å². The molecule has 0 aliphatic carbocycles. The van der Waals surface area contributed by atoms with Crippen LogP contribution in [0.25, 0.3) is 22.0 Å². The number of carbonyl (C=O) groups is 1. The summed E-state index contributed by atoms with van der Waals surface area (Å²) in [4.78, 5) is 14.1. The third-order valence-electron chi connectivity index (χ3n) is 3.79. The number of rotatable bonds is 4. The molecule has 2 heterocycles. The molecular formula is C16H18N4O. The molecule has 3 rings (SSSR count). The number of nitrogens with one attached hydrogen (secondary N) is 1. The molecule has 21 heavy (non-hydrogen) atoms. The number of hydrogen-bond donors (Lipinski definition) is 2. The number of benzene rings is 1. The molecule has 3 N–H and O–H groups in total. The summed E-state index contributed by atoms with van der Waals surface area (Å²) in [7, 11) is 0. The van der Waals surface area contributed by atoms with Crippen molar-refractivity contribution in [1.29, 1.82) is 0 Å². The monoisotopic (exact) mass is 282 g/mol. The van der Waals surface area contributed by atoms with Crippen LogP contribution in [0.1, 0.15) is 17.8 Å². The fraction of sp³-hybridized carbons (Fsp3) is 0.250. The lowest BCUT2D eigenvalue weighted by Gasteiger charge is -2.05. The van der Waals surface area contributed by atoms with Crippen LogP contribution in [0, 0.1) is 13.8 Å². The van der Waals surface area contributed by atoms with E-state index in [-0.39, 0.29) is 5.91 Å². The Morgan fingerprint density at radius 2 is 2.14 bits per heavy atom. The molecule has 0 aliphatic rings. The highest BCUT2D eigenvalue weighted by Crippen LogP contribution is 2.29. The first-order valence-corrected chi connectivity index (χ1v) is 6.96. The van der Waals surface area contributed by atoms with Gasteiger partial charge in [-0.25, -0.2) is 0 Å². The number of primary amides is 1. The molecule has 3 aromatic rings. The van der Waals surface area contributed by atoms with Gasteiger partial charge in [0, 0.05) is 35.9 Å². The first kappa shape index (κ1) is 13.4. The van der Waals surface area contributed by atoms with E-state index in [4.69, 9.17) is 5.73 Å². The van der Waals surface area contributed by atoms with Gasteiger partial charge in [0.2, 0.25) is 5.91 Å². The van der Waals surface area contributed by atoms with Crippen molar-refractivity contribution < 1.29 is 4.79 Å². The number of aromatic nitrogens is 3. The second-order valence-electron chi connectivity index (χ2n) is 5.26. The first-order valence-electron chi connectivity index (χ1n) is 6.96. The van der Waals surface area contributed by atoms with Gasteiger partial charge in [0.25, 0.3) is 0 Å². The van der Waals surface area contributed by atoms with Crippen molar-refractivity contribution in [3.8, 4) is 11.1 Å². The van der Waals surface area contributed by atoms with Crippen LogP contribution < -0.4 is 5.73 Å². The van der Waals surface area contributed by atoms with Gasteiger partial charge in [0.05, 0.1) is 5.69 Å². The number of nitrogens with zero attached hydrogens (tertiary/aromatic N) is 2. The number of carbonyl (C=O) groups excluding carboxylic acids is 1. The SMILES string of the molecule is Cc1nn(CCC(N)=O)c(C)c1-c1ccc2[nH]ccc2c1. The molecule has 0 saturated carbocycles. The van der Waals surface area contributed by atoms with Crippen LogP contribution in [0.4, 0.5) is 0 Å². The second-order valence-corrected chi connectivity index (χ2v) is 5.26. The molecule has 0 unspecified atom stereocenters. The predicted molar refractivity (Wildman–Crippen MR) is 82.8 cm³/mol. The summed E-state index contributed by atoms with van der Waals surface area (Å²) in [6.45, 7) is 4.54. The van der Waals surface area contributed by atoms with Gasteiger partial charge >= 0.3 is 0 Å². The zero-order valence-corrected chi connectivity index (χ0v) is 12.2. The molecule has 108 valence electrons. The molecule has 0 fully saturated rings. The maximum Gasteiger partial charge on any atom is 0.219 e. The van der Waals surface area contributed by atoms with Gasteiger partial charge in [0.1, 0.15) is 0 Å². The fourth-order valence-electron chi connectivity index (χ4n) is 2.76. The molecule has 5 nitrogen and oxygen atoms in total. The van der Waals surface area contributed by atoms with Crippen LogP contribution in [0.2, 0.25) is 0 Å². The average Bonchev–Trinajstić information content (AvgIpc) is 3.00. The maximum absolute atomic E-state index is 10.9. The van der Waals surface area contributed by atoms with Crippen molar-refractivity contribution in [3.05, 3.63) is 41.9 Å². The van der Waals surface area contributed by atoms with E-state index in [0.29, 0.717) is 13.0 Å². The van der Waals surface area contributed by atoms with Gasteiger partial charge in [-0.15, -0.1) is 0 Å². The van der Waals surface area contributed by atoms with Crippen molar-refractivity contribution in [2.45, 2.75) is 26.8 Å². The van der Waals surface area contributed by atoms with Gasteiger partial charge in [-0.2, -0.15) is 5.10 Å². The van der Waals surface area contributed by atoms with Gasteiger partial charge < -0.3 is 10.7 Å². The molecule has 0 bridgehead atoms. The standard InChI is InChI=1S/C16H18N4O/c1-10-16(11(2)20(19-10)8-6-15(17)21)13-3-4-14-12(9-13)5-7-18-14/h3-5,7,9,18H,6,8H2,1-2H3,(H2,17,21). The van der Waals surface area contributed by atoms with Gasteiger partial charge in [-0.3, -0.25) is 9.48 Å².